The fourth-order valence-corrected chi connectivity index (χ4v) is 2.70. The van der Waals surface area contributed by atoms with E-state index in [1.54, 1.807) is 0 Å². The second kappa shape index (κ2) is 7.46. The molecule has 0 aliphatic rings. The second-order valence-corrected chi connectivity index (χ2v) is 5.80. The number of hydrogen-bond acceptors (Lipinski definition) is 2. The van der Waals surface area contributed by atoms with Crippen LogP contribution in [0.5, 0.6) is 0 Å². The van der Waals surface area contributed by atoms with Gasteiger partial charge in [0.05, 0.1) is 11.7 Å². The molecule has 0 aliphatic carbocycles. The van der Waals surface area contributed by atoms with Crippen molar-refractivity contribution in [3.05, 3.63) is 33.4 Å². The highest BCUT2D eigenvalue weighted by molar-refractivity contribution is 14.1. The van der Waals surface area contributed by atoms with E-state index in [0.29, 0.717) is 13.0 Å². The first-order chi connectivity index (χ1) is 8.57. The Labute approximate surface area is 124 Å². The smallest absolute Gasteiger partial charge is 0.0938 e. The Morgan fingerprint density at radius 2 is 1.72 bits per heavy atom. The summed E-state index contributed by atoms with van der Waals surface area (Å²) in [5.41, 5.74) is 0.756. The van der Waals surface area contributed by atoms with E-state index in [2.05, 4.69) is 60.7 Å². The lowest BCUT2D eigenvalue weighted by molar-refractivity contribution is -0.124. The molecule has 0 amide bonds. The first-order valence-electron chi connectivity index (χ1n) is 6.64. The maximum Gasteiger partial charge on any atom is 0.0938 e. The molecule has 1 N–H and O–H groups in total. The van der Waals surface area contributed by atoms with Crippen LogP contribution in [0.3, 0.4) is 0 Å². The number of aliphatic hydroxyl groups excluding tert-OH is 1. The van der Waals surface area contributed by atoms with Crippen LogP contribution in [-0.2, 0) is 11.2 Å². The molecule has 1 unspecified atom stereocenters. The van der Waals surface area contributed by atoms with Crippen molar-refractivity contribution >= 4 is 22.6 Å². The molecule has 0 radical (unpaired) electrons. The molecule has 0 heterocycles. The maximum absolute atomic E-state index is 10.5. The van der Waals surface area contributed by atoms with E-state index in [-0.39, 0.29) is 0 Å². The van der Waals surface area contributed by atoms with Gasteiger partial charge in [-0.25, -0.2) is 0 Å². The molecule has 1 aromatic carbocycles. The molecule has 0 aromatic heterocycles. The molecule has 0 fully saturated rings. The minimum atomic E-state index is -0.451. The zero-order valence-electron chi connectivity index (χ0n) is 11.4. The minimum absolute atomic E-state index is 0.405. The topological polar surface area (TPSA) is 29.5 Å². The van der Waals surface area contributed by atoms with Gasteiger partial charge in [-0.3, -0.25) is 0 Å². The predicted octanol–water partition coefficient (Wildman–Crippen LogP) is 3.79. The van der Waals surface area contributed by atoms with E-state index >= 15 is 0 Å². The third kappa shape index (κ3) is 3.93. The molecule has 1 aromatic rings. The standard InChI is InChI=1S/C15H23IO2/c1-4-15(5-2,18-6-3)14(17)11-12-7-9-13(16)10-8-12/h7-10,14,17H,4-6,11H2,1-3H3. The largest absolute Gasteiger partial charge is 0.390 e. The van der Waals surface area contributed by atoms with Crippen molar-refractivity contribution in [3.63, 3.8) is 0 Å². The number of benzene rings is 1. The Morgan fingerprint density at radius 3 is 2.17 bits per heavy atom. The lowest BCUT2D eigenvalue weighted by Gasteiger charge is -2.36. The molecule has 0 spiro atoms. The molecule has 2 nitrogen and oxygen atoms in total. The number of aliphatic hydroxyl groups is 1. The average Bonchev–Trinajstić information content (AvgIpc) is 2.38. The van der Waals surface area contributed by atoms with E-state index in [4.69, 9.17) is 4.74 Å². The second-order valence-electron chi connectivity index (χ2n) is 4.55. The van der Waals surface area contributed by atoms with E-state index in [1.807, 2.05) is 6.92 Å². The molecule has 102 valence electrons. The average molecular weight is 362 g/mol. The van der Waals surface area contributed by atoms with Crippen molar-refractivity contribution in [3.8, 4) is 0 Å². The molecular formula is C15H23IO2. The first kappa shape index (κ1) is 15.9. The van der Waals surface area contributed by atoms with Gasteiger partial charge in [-0.15, -0.1) is 0 Å². The number of rotatable bonds is 7. The molecular weight excluding hydrogens is 339 g/mol. The molecule has 0 aliphatic heterocycles. The summed E-state index contributed by atoms with van der Waals surface area (Å²) in [5.74, 6) is 0. The SMILES string of the molecule is CCOC(CC)(CC)C(O)Cc1ccc(I)cc1. The predicted molar refractivity (Wildman–Crippen MR) is 83.8 cm³/mol. The Balaban J connectivity index is 2.77. The fraction of sp³-hybridized carbons (Fsp3) is 0.600. The summed E-state index contributed by atoms with van der Waals surface area (Å²) in [6.45, 7) is 6.79. The van der Waals surface area contributed by atoms with Crippen molar-refractivity contribution in [1.29, 1.82) is 0 Å². The Kier molecular flexibility index (Phi) is 6.60. The summed E-state index contributed by atoms with van der Waals surface area (Å²) in [6, 6.07) is 8.30. The van der Waals surface area contributed by atoms with E-state index in [1.165, 1.54) is 3.57 Å². The van der Waals surface area contributed by atoms with Gasteiger partial charge in [0.15, 0.2) is 0 Å². The van der Waals surface area contributed by atoms with Crippen molar-refractivity contribution in [1.82, 2.24) is 0 Å². The number of hydrogen-bond donors (Lipinski definition) is 1. The lowest BCUT2D eigenvalue weighted by Crippen LogP contribution is -2.45. The summed E-state index contributed by atoms with van der Waals surface area (Å²) in [6.07, 6.45) is 1.87. The van der Waals surface area contributed by atoms with Crippen LogP contribution in [0.2, 0.25) is 0 Å². The van der Waals surface area contributed by atoms with Gasteiger partial charge in [0.2, 0.25) is 0 Å². The quantitative estimate of drug-likeness (QED) is 0.748. The first-order valence-corrected chi connectivity index (χ1v) is 7.72. The van der Waals surface area contributed by atoms with Crippen LogP contribution in [0.25, 0.3) is 0 Å². The zero-order valence-corrected chi connectivity index (χ0v) is 13.6. The van der Waals surface area contributed by atoms with Crippen LogP contribution >= 0.6 is 22.6 Å². The van der Waals surface area contributed by atoms with Gasteiger partial charge in [-0.2, -0.15) is 0 Å². The highest BCUT2D eigenvalue weighted by atomic mass is 127. The van der Waals surface area contributed by atoms with Crippen LogP contribution in [0, 0.1) is 3.57 Å². The summed E-state index contributed by atoms with van der Waals surface area (Å²) in [5, 5.41) is 10.5. The molecule has 1 rings (SSSR count). The van der Waals surface area contributed by atoms with Crippen LogP contribution in [0.1, 0.15) is 39.2 Å². The van der Waals surface area contributed by atoms with Gasteiger partial charge in [-0.05, 0) is 60.1 Å². The zero-order chi connectivity index (χ0) is 13.6. The summed E-state index contributed by atoms with van der Waals surface area (Å²) >= 11 is 2.29. The van der Waals surface area contributed by atoms with Gasteiger partial charge < -0.3 is 9.84 Å². The highest BCUT2D eigenvalue weighted by Crippen LogP contribution is 2.27. The Bertz CT molecular complexity index is 344. The van der Waals surface area contributed by atoms with Gasteiger partial charge in [0, 0.05) is 16.6 Å². The molecule has 18 heavy (non-hydrogen) atoms. The normalized spacial score (nSPS) is 13.6. The van der Waals surface area contributed by atoms with Crippen molar-refractivity contribution in [2.45, 2.75) is 51.7 Å². The van der Waals surface area contributed by atoms with Crippen LogP contribution < -0.4 is 0 Å². The number of halogens is 1. The fourth-order valence-electron chi connectivity index (χ4n) is 2.34. The van der Waals surface area contributed by atoms with Gasteiger partial charge >= 0.3 is 0 Å². The highest BCUT2D eigenvalue weighted by Gasteiger charge is 2.35. The van der Waals surface area contributed by atoms with Crippen molar-refractivity contribution in [2.24, 2.45) is 0 Å². The number of ether oxygens (including phenoxy) is 1. The molecule has 0 saturated heterocycles. The summed E-state index contributed by atoms with van der Waals surface area (Å²) in [7, 11) is 0. The van der Waals surface area contributed by atoms with E-state index < -0.39 is 11.7 Å². The van der Waals surface area contributed by atoms with Gasteiger partial charge in [0.1, 0.15) is 0 Å². The third-order valence-corrected chi connectivity index (χ3v) is 4.30. The van der Waals surface area contributed by atoms with Crippen LogP contribution in [0.15, 0.2) is 24.3 Å². The minimum Gasteiger partial charge on any atom is -0.390 e. The Hall–Kier alpha value is -0.130. The van der Waals surface area contributed by atoms with Gasteiger partial charge in [-0.1, -0.05) is 26.0 Å². The van der Waals surface area contributed by atoms with Crippen molar-refractivity contribution < 1.29 is 9.84 Å². The summed E-state index contributed by atoms with van der Waals surface area (Å²) < 4.78 is 7.05. The monoisotopic (exact) mass is 362 g/mol. The molecule has 1 atom stereocenters. The lowest BCUT2D eigenvalue weighted by atomic mass is 9.86. The van der Waals surface area contributed by atoms with E-state index in [0.717, 1.165) is 18.4 Å². The summed E-state index contributed by atoms with van der Waals surface area (Å²) in [4.78, 5) is 0. The van der Waals surface area contributed by atoms with Crippen molar-refractivity contribution in [2.75, 3.05) is 6.61 Å². The van der Waals surface area contributed by atoms with Gasteiger partial charge in [0.25, 0.3) is 0 Å². The molecule has 3 heteroatoms. The maximum atomic E-state index is 10.5. The third-order valence-electron chi connectivity index (χ3n) is 3.58. The molecule has 0 saturated carbocycles. The molecule has 0 bridgehead atoms. The van der Waals surface area contributed by atoms with Crippen LogP contribution in [-0.4, -0.2) is 23.4 Å². The van der Waals surface area contributed by atoms with E-state index in [9.17, 15) is 5.11 Å². The van der Waals surface area contributed by atoms with Crippen LogP contribution in [0.4, 0.5) is 0 Å². The Morgan fingerprint density at radius 1 is 1.17 bits per heavy atom.